The van der Waals surface area contributed by atoms with E-state index in [9.17, 15) is 0 Å². The van der Waals surface area contributed by atoms with E-state index in [1.165, 1.54) is 5.56 Å². The molecule has 0 saturated heterocycles. The van der Waals surface area contributed by atoms with E-state index in [1.807, 2.05) is 43.3 Å². The summed E-state index contributed by atoms with van der Waals surface area (Å²) in [5.41, 5.74) is 2.11. The van der Waals surface area contributed by atoms with Crippen LogP contribution in [0, 0.1) is 6.92 Å². The number of rotatable bonds is 3. The Hall–Kier alpha value is -2.62. The van der Waals surface area contributed by atoms with E-state index in [2.05, 4.69) is 10.2 Å². The van der Waals surface area contributed by atoms with E-state index in [0.29, 0.717) is 11.8 Å². The molecule has 0 fully saturated rings. The summed E-state index contributed by atoms with van der Waals surface area (Å²) in [6, 6.07) is 11.6. The molecule has 4 heteroatoms. The second-order valence-corrected chi connectivity index (χ2v) is 4.16. The molecule has 0 unspecified atom stereocenters. The average molecular weight is 252 g/mol. The van der Waals surface area contributed by atoms with Crippen molar-refractivity contribution in [1.29, 1.82) is 0 Å². The van der Waals surface area contributed by atoms with Gasteiger partial charge in [0.2, 0.25) is 11.8 Å². The molecule has 0 bridgehead atoms. The molecule has 0 spiro atoms. The van der Waals surface area contributed by atoms with Gasteiger partial charge in [0.05, 0.1) is 6.26 Å². The highest BCUT2D eigenvalue weighted by molar-refractivity contribution is 5.63. The molecule has 1 aromatic carbocycles. The van der Waals surface area contributed by atoms with Crippen LogP contribution in [-0.2, 0) is 0 Å². The van der Waals surface area contributed by atoms with E-state index in [4.69, 9.17) is 8.83 Å². The Morgan fingerprint density at radius 2 is 1.84 bits per heavy atom. The zero-order valence-corrected chi connectivity index (χ0v) is 10.4. The molecule has 0 aliphatic carbocycles. The predicted molar refractivity (Wildman–Crippen MR) is 72.1 cm³/mol. The highest BCUT2D eigenvalue weighted by Crippen LogP contribution is 2.19. The van der Waals surface area contributed by atoms with E-state index in [-0.39, 0.29) is 0 Å². The quantitative estimate of drug-likeness (QED) is 0.711. The van der Waals surface area contributed by atoms with E-state index < -0.39 is 0 Å². The topological polar surface area (TPSA) is 52.1 Å². The number of nitrogens with zero attached hydrogens (tertiary/aromatic N) is 2. The van der Waals surface area contributed by atoms with Crippen LogP contribution in [0.1, 0.15) is 17.2 Å². The van der Waals surface area contributed by atoms with Crippen LogP contribution in [0.15, 0.2) is 51.5 Å². The molecule has 0 amide bonds. The Balaban J connectivity index is 1.81. The maximum absolute atomic E-state index is 5.56. The van der Waals surface area contributed by atoms with Crippen molar-refractivity contribution < 1.29 is 8.83 Å². The van der Waals surface area contributed by atoms with Crippen molar-refractivity contribution in [3.63, 3.8) is 0 Å². The van der Waals surface area contributed by atoms with Crippen molar-refractivity contribution in [2.75, 3.05) is 0 Å². The van der Waals surface area contributed by atoms with Gasteiger partial charge >= 0.3 is 0 Å². The van der Waals surface area contributed by atoms with Gasteiger partial charge in [-0.1, -0.05) is 17.7 Å². The van der Waals surface area contributed by atoms with Crippen LogP contribution in [0.3, 0.4) is 0 Å². The monoisotopic (exact) mass is 252 g/mol. The molecule has 3 aromatic rings. The number of aryl methyl sites for hydroxylation is 1. The van der Waals surface area contributed by atoms with Crippen LogP contribution >= 0.6 is 0 Å². The Labute approximate surface area is 110 Å². The zero-order chi connectivity index (χ0) is 13.1. The number of furan rings is 1. The second-order valence-electron chi connectivity index (χ2n) is 4.16. The Morgan fingerprint density at radius 3 is 2.58 bits per heavy atom. The van der Waals surface area contributed by atoms with Crippen molar-refractivity contribution in [1.82, 2.24) is 10.2 Å². The third-order valence-corrected chi connectivity index (χ3v) is 2.67. The normalized spacial score (nSPS) is 11.2. The summed E-state index contributed by atoms with van der Waals surface area (Å²) in [6.45, 7) is 2.04. The summed E-state index contributed by atoms with van der Waals surface area (Å²) in [5, 5.41) is 7.99. The molecule has 2 heterocycles. The number of hydrogen-bond donors (Lipinski definition) is 0. The first-order valence-electron chi connectivity index (χ1n) is 5.93. The standard InChI is InChI=1S/C15H12N2O2/c1-11-4-6-12(7-5-11)15-17-16-14(19-15)9-8-13-3-2-10-18-13/h2-10H,1H3/b9-8+. The lowest BCUT2D eigenvalue weighted by atomic mass is 10.1. The Bertz CT molecular complexity index is 679. The molecule has 3 rings (SSSR count). The van der Waals surface area contributed by atoms with E-state index >= 15 is 0 Å². The lowest BCUT2D eigenvalue weighted by Gasteiger charge is -1.94. The van der Waals surface area contributed by atoms with Crippen LogP contribution in [0.4, 0.5) is 0 Å². The van der Waals surface area contributed by atoms with Crippen LogP contribution in [0.2, 0.25) is 0 Å². The second kappa shape index (κ2) is 4.94. The van der Waals surface area contributed by atoms with Gasteiger partial charge in [0.25, 0.3) is 0 Å². The SMILES string of the molecule is Cc1ccc(-c2nnc(/C=C/c3ccco3)o2)cc1. The number of benzene rings is 1. The largest absolute Gasteiger partial charge is 0.465 e. The van der Waals surface area contributed by atoms with Crippen molar-refractivity contribution in [2.45, 2.75) is 6.92 Å². The van der Waals surface area contributed by atoms with Gasteiger partial charge in [-0.15, -0.1) is 10.2 Å². The molecule has 0 saturated carbocycles. The van der Waals surface area contributed by atoms with Crippen LogP contribution in [0.5, 0.6) is 0 Å². The molecular weight excluding hydrogens is 240 g/mol. The van der Waals surface area contributed by atoms with Gasteiger partial charge in [0.1, 0.15) is 5.76 Å². The number of aromatic nitrogens is 2. The maximum Gasteiger partial charge on any atom is 0.248 e. The van der Waals surface area contributed by atoms with Gasteiger partial charge in [-0.3, -0.25) is 0 Å². The third kappa shape index (κ3) is 2.63. The third-order valence-electron chi connectivity index (χ3n) is 2.67. The van der Waals surface area contributed by atoms with Crippen molar-refractivity contribution >= 4 is 12.2 Å². The van der Waals surface area contributed by atoms with Crippen molar-refractivity contribution in [2.24, 2.45) is 0 Å². The van der Waals surface area contributed by atoms with Crippen LogP contribution < -0.4 is 0 Å². The Morgan fingerprint density at radius 1 is 1.00 bits per heavy atom. The van der Waals surface area contributed by atoms with E-state index in [1.54, 1.807) is 18.4 Å². The predicted octanol–water partition coefficient (Wildman–Crippen LogP) is 3.81. The minimum Gasteiger partial charge on any atom is -0.465 e. The smallest absolute Gasteiger partial charge is 0.248 e. The molecule has 0 N–H and O–H groups in total. The minimum atomic E-state index is 0.451. The summed E-state index contributed by atoms with van der Waals surface area (Å²) in [6.07, 6.45) is 5.13. The zero-order valence-electron chi connectivity index (χ0n) is 10.4. The van der Waals surface area contributed by atoms with Gasteiger partial charge in [0.15, 0.2) is 0 Å². The average Bonchev–Trinajstić information content (AvgIpc) is 3.09. The minimum absolute atomic E-state index is 0.451. The first-order valence-corrected chi connectivity index (χ1v) is 5.93. The number of hydrogen-bond acceptors (Lipinski definition) is 4. The van der Waals surface area contributed by atoms with Crippen LogP contribution in [-0.4, -0.2) is 10.2 Å². The van der Waals surface area contributed by atoms with Gasteiger partial charge < -0.3 is 8.83 Å². The highest BCUT2D eigenvalue weighted by atomic mass is 16.4. The maximum atomic E-state index is 5.56. The fraction of sp³-hybridized carbons (Fsp3) is 0.0667. The highest BCUT2D eigenvalue weighted by Gasteiger charge is 2.06. The van der Waals surface area contributed by atoms with Gasteiger partial charge in [-0.05, 0) is 37.3 Å². The molecule has 4 nitrogen and oxygen atoms in total. The Kier molecular flexibility index (Phi) is 2.98. The first kappa shape index (κ1) is 11.5. The summed E-state index contributed by atoms with van der Waals surface area (Å²) in [7, 11) is 0. The van der Waals surface area contributed by atoms with Crippen molar-refractivity contribution in [3.8, 4) is 11.5 Å². The van der Waals surface area contributed by atoms with Crippen molar-refractivity contribution in [3.05, 3.63) is 59.9 Å². The lowest BCUT2D eigenvalue weighted by Crippen LogP contribution is -1.77. The van der Waals surface area contributed by atoms with Gasteiger partial charge in [-0.2, -0.15) is 0 Å². The van der Waals surface area contributed by atoms with Gasteiger partial charge in [0, 0.05) is 11.6 Å². The molecule has 0 radical (unpaired) electrons. The summed E-state index contributed by atoms with van der Waals surface area (Å²) in [4.78, 5) is 0. The molecule has 0 aliphatic heterocycles. The molecule has 0 aliphatic rings. The molecular formula is C15H12N2O2. The molecule has 0 atom stereocenters. The van der Waals surface area contributed by atoms with Crippen LogP contribution in [0.25, 0.3) is 23.6 Å². The van der Waals surface area contributed by atoms with E-state index in [0.717, 1.165) is 11.3 Å². The fourth-order valence-electron chi connectivity index (χ4n) is 1.65. The molecule has 19 heavy (non-hydrogen) atoms. The summed E-state index contributed by atoms with van der Waals surface area (Å²) >= 11 is 0. The first-order chi connectivity index (χ1) is 9.31. The molecule has 2 aromatic heterocycles. The lowest BCUT2D eigenvalue weighted by molar-refractivity contribution is 0.552. The summed E-state index contributed by atoms with van der Waals surface area (Å²) < 4.78 is 10.7. The molecule has 94 valence electrons. The summed E-state index contributed by atoms with van der Waals surface area (Å²) in [5.74, 6) is 1.71. The fourth-order valence-corrected chi connectivity index (χ4v) is 1.65. The van der Waals surface area contributed by atoms with Gasteiger partial charge in [-0.25, -0.2) is 0 Å².